The fourth-order valence-corrected chi connectivity index (χ4v) is 3.35. The molecular weight excluding hydrogens is 322 g/mol. The maximum atomic E-state index is 13.1. The van der Waals surface area contributed by atoms with Gasteiger partial charge in [-0.2, -0.15) is 0 Å². The molecular formula is C19H21NO5. The standard InChI is InChI=1S/C19H21NO5/c1-18(2,3)16-20-15(22)13(10-12-8-6-5-7-9-12)14(21)19(20,11-25-16)17(23)24-4/h5-10,16H,11H2,1-4H3/b13-10+/t16-,19-/m1/s1. The van der Waals surface area contributed by atoms with E-state index in [9.17, 15) is 14.4 Å². The van der Waals surface area contributed by atoms with Crippen LogP contribution in [0.2, 0.25) is 0 Å². The summed E-state index contributed by atoms with van der Waals surface area (Å²) in [5, 5.41) is 0. The van der Waals surface area contributed by atoms with Crippen LogP contribution in [0.4, 0.5) is 0 Å². The van der Waals surface area contributed by atoms with Crippen LogP contribution in [0.5, 0.6) is 0 Å². The summed E-state index contributed by atoms with van der Waals surface area (Å²) in [6.45, 7) is 5.48. The van der Waals surface area contributed by atoms with E-state index in [0.29, 0.717) is 5.56 Å². The lowest BCUT2D eigenvalue weighted by Gasteiger charge is -2.35. The van der Waals surface area contributed by atoms with E-state index in [-0.39, 0.29) is 12.2 Å². The van der Waals surface area contributed by atoms with Crippen LogP contribution in [0.3, 0.4) is 0 Å². The average molecular weight is 343 g/mol. The number of ether oxygens (including phenoxy) is 2. The Hall–Kier alpha value is -2.47. The molecule has 25 heavy (non-hydrogen) atoms. The first-order chi connectivity index (χ1) is 11.7. The number of methoxy groups -OCH3 is 1. The summed E-state index contributed by atoms with van der Waals surface area (Å²) < 4.78 is 10.6. The van der Waals surface area contributed by atoms with Crippen molar-refractivity contribution in [3.63, 3.8) is 0 Å². The zero-order chi connectivity index (χ0) is 18.4. The molecule has 6 nitrogen and oxygen atoms in total. The van der Waals surface area contributed by atoms with E-state index in [1.54, 1.807) is 12.1 Å². The third kappa shape index (κ3) is 2.48. The quantitative estimate of drug-likeness (QED) is 0.354. The molecule has 2 atom stereocenters. The molecule has 0 spiro atoms. The van der Waals surface area contributed by atoms with Crippen molar-refractivity contribution >= 4 is 23.7 Å². The van der Waals surface area contributed by atoms with Gasteiger partial charge in [0.2, 0.25) is 11.3 Å². The Labute approximate surface area is 146 Å². The van der Waals surface area contributed by atoms with Crippen LogP contribution in [0.15, 0.2) is 35.9 Å². The highest BCUT2D eigenvalue weighted by atomic mass is 16.6. The highest BCUT2D eigenvalue weighted by molar-refractivity contribution is 6.37. The topological polar surface area (TPSA) is 72.9 Å². The van der Waals surface area contributed by atoms with Crippen molar-refractivity contribution in [3.8, 4) is 0 Å². The lowest BCUT2D eigenvalue weighted by Crippen LogP contribution is -2.57. The van der Waals surface area contributed by atoms with Gasteiger partial charge in [0.1, 0.15) is 6.23 Å². The van der Waals surface area contributed by atoms with E-state index in [1.807, 2.05) is 39.0 Å². The monoisotopic (exact) mass is 343 g/mol. The lowest BCUT2D eigenvalue weighted by molar-refractivity contribution is -0.160. The number of carbonyl (C=O) groups excluding carboxylic acids is 3. The SMILES string of the molecule is COC(=O)[C@]12CO[C@H](C(C)(C)C)N1C(=O)/C(=C/c1ccccc1)C2=O. The summed E-state index contributed by atoms with van der Waals surface area (Å²) in [6, 6.07) is 9.06. The van der Waals surface area contributed by atoms with Gasteiger partial charge in [0.15, 0.2) is 0 Å². The zero-order valence-electron chi connectivity index (χ0n) is 14.7. The number of hydrogen-bond acceptors (Lipinski definition) is 5. The van der Waals surface area contributed by atoms with Crippen molar-refractivity contribution in [3.05, 3.63) is 41.5 Å². The maximum absolute atomic E-state index is 13.1. The van der Waals surface area contributed by atoms with Crippen LogP contribution >= 0.6 is 0 Å². The number of Topliss-reactive ketones (excluding diaryl/α,β-unsaturated/α-hetero) is 1. The van der Waals surface area contributed by atoms with E-state index < -0.39 is 34.8 Å². The van der Waals surface area contributed by atoms with Crippen molar-refractivity contribution in [1.82, 2.24) is 4.90 Å². The maximum Gasteiger partial charge on any atom is 0.342 e. The molecule has 0 bridgehead atoms. The number of nitrogens with zero attached hydrogens (tertiary/aromatic N) is 1. The minimum Gasteiger partial charge on any atom is -0.467 e. The molecule has 1 aromatic rings. The number of fused-ring (bicyclic) bond motifs is 1. The average Bonchev–Trinajstić information content (AvgIpc) is 3.07. The molecule has 3 rings (SSSR count). The second kappa shape index (κ2) is 5.81. The number of ketones is 1. The van der Waals surface area contributed by atoms with Crippen LogP contribution in [-0.4, -0.2) is 48.0 Å². The molecule has 0 unspecified atom stereocenters. The number of rotatable bonds is 2. The number of benzene rings is 1. The van der Waals surface area contributed by atoms with Crippen molar-refractivity contribution in [1.29, 1.82) is 0 Å². The molecule has 1 amide bonds. The number of carbonyl (C=O) groups is 3. The molecule has 2 fully saturated rings. The van der Waals surface area contributed by atoms with E-state index >= 15 is 0 Å². The van der Waals surface area contributed by atoms with Gasteiger partial charge in [-0.05, 0) is 11.6 Å². The Morgan fingerprint density at radius 2 is 1.92 bits per heavy atom. The third-order valence-electron chi connectivity index (χ3n) is 4.54. The first-order valence-electron chi connectivity index (χ1n) is 8.08. The van der Waals surface area contributed by atoms with Crippen LogP contribution in [0, 0.1) is 5.41 Å². The molecule has 0 aromatic heterocycles. The lowest BCUT2D eigenvalue weighted by atomic mass is 9.91. The van der Waals surface area contributed by atoms with Crippen LogP contribution in [-0.2, 0) is 23.9 Å². The molecule has 1 aromatic carbocycles. The first kappa shape index (κ1) is 17.4. The Balaban J connectivity index is 2.13. The van der Waals surface area contributed by atoms with Crippen molar-refractivity contribution in [2.24, 2.45) is 5.41 Å². The molecule has 0 saturated carbocycles. The minimum absolute atomic E-state index is 0.0193. The Morgan fingerprint density at radius 3 is 2.48 bits per heavy atom. The fourth-order valence-electron chi connectivity index (χ4n) is 3.35. The van der Waals surface area contributed by atoms with Gasteiger partial charge in [-0.15, -0.1) is 0 Å². The molecule has 0 radical (unpaired) electrons. The molecule has 2 saturated heterocycles. The largest absolute Gasteiger partial charge is 0.467 e. The summed E-state index contributed by atoms with van der Waals surface area (Å²) in [4.78, 5) is 39.9. The van der Waals surface area contributed by atoms with E-state index in [4.69, 9.17) is 9.47 Å². The Kier molecular flexibility index (Phi) is 4.03. The molecule has 6 heteroatoms. The van der Waals surface area contributed by atoms with Gasteiger partial charge in [0, 0.05) is 5.41 Å². The zero-order valence-corrected chi connectivity index (χ0v) is 14.7. The van der Waals surface area contributed by atoms with Crippen LogP contribution < -0.4 is 0 Å². The van der Waals surface area contributed by atoms with Gasteiger partial charge in [-0.1, -0.05) is 51.1 Å². The summed E-state index contributed by atoms with van der Waals surface area (Å²) in [7, 11) is 1.20. The second-order valence-electron chi connectivity index (χ2n) is 7.35. The molecule has 2 aliphatic rings. The number of esters is 1. The van der Waals surface area contributed by atoms with E-state index in [0.717, 1.165) is 0 Å². The molecule has 132 valence electrons. The van der Waals surface area contributed by atoms with Gasteiger partial charge in [0.05, 0.1) is 19.3 Å². The summed E-state index contributed by atoms with van der Waals surface area (Å²) in [5.74, 6) is -1.84. The molecule has 0 aliphatic carbocycles. The van der Waals surface area contributed by atoms with Gasteiger partial charge in [-0.25, -0.2) is 4.79 Å². The van der Waals surface area contributed by atoms with Crippen molar-refractivity contribution in [2.75, 3.05) is 13.7 Å². The van der Waals surface area contributed by atoms with E-state index in [1.165, 1.54) is 18.1 Å². The summed E-state index contributed by atoms with van der Waals surface area (Å²) in [6.07, 6.45) is 0.831. The van der Waals surface area contributed by atoms with Gasteiger partial charge < -0.3 is 9.47 Å². The summed E-state index contributed by atoms with van der Waals surface area (Å²) in [5.41, 5.74) is -1.50. The van der Waals surface area contributed by atoms with Gasteiger partial charge in [0.25, 0.3) is 5.91 Å². The van der Waals surface area contributed by atoms with Crippen LogP contribution in [0.1, 0.15) is 26.3 Å². The number of hydrogen-bond donors (Lipinski definition) is 0. The van der Waals surface area contributed by atoms with Gasteiger partial charge in [-0.3, -0.25) is 14.5 Å². The molecule has 2 aliphatic heterocycles. The second-order valence-corrected chi connectivity index (χ2v) is 7.35. The smallest absolute Gasteiger partial charge is 0.342 e. The minimum atomic E-state index is -1.73. The Morgan fingerprint density at radius 1 is 1.28 bits per heavy atom. The predicted molar refractivity (Wildman–Crippen MR) is 90.2 cm³/mol. The first-order valence-corrected chi connectivity index (χ1v) is 8.08. The normalized spacial score (nSPS) is 27.8. The highest BCUT2D eigenvalue weighted by Gasteiger charge is 2.69. The van der Waals surface area contributed by atoms with Gasteiger partial charge >= 0.3 is 5.97 Å². The van der Waals surface area contributed by atoms with Crippen molar-refractivity contribution in [2.45, 2.75) is 32.5 Å². The summed E-state index contributed by atoms with van der Waals surface area (Å²) >= 11 is 0. The van der Waals surface area contributed by atoms with Crippen molar-refractivity contribution < 1.29 is 23.9 Å². The molecule has 0 N–H and O–H groups in total. The third-order valence-corrected chi connectivity index (χ3v) is 4.54. The van der Waals surface area contributed by atoms with E-state index in [2.05, 4.69) is 0 Å². The number of amides is 1. The molecule has 2 heterocycles. The predicted octanol–water partition coefficient (Wildman–Crippen LogP) is 1.80. The highest BCUT2D eigenvalue weighted by Crippen LogP contribution is 2.44. The fraction of sp³-hybridized carbons (Fsp3) is 0.421. The Bertz CT molecular complexity index is 762. The van der Waals surface area contributed by atoms with Crippen LogP contribution in [0.25, 0.3) is 6.08 Å².